The third-order valence-corrected chi connectivity index (χ3v) is 8.46. The second-order valence-electron chi connectivity index (χ2n) is 13.3. The van der Waals surface area contributed by atoms with Crippen LogP contribution in [0.1, 0.15) is 101 Å². The maximum atomic E-state index is 2.41. The van der Waals surface area contributed by atoms with Gasteiger partial charge >= 0.3 is 0 Å². The van der Waals surface area contributed by atoms with Gasteiger partial charge in [-0.3, -0.25) is 0 Å². The lowest BCUT2D eigenvalue weighted by molar-refractivity contribution is 0.255. The van der Waals surface area contributed by atoms with E-state index in [1.165, 1.54) is 65.5 Å². The second kappa shape index (κ2) is 15.8. The fourth-order valence-electron chi connectivity index (χ4n) is 5.80. The van der Waals surface area contributed by atoms with Crippen molar-refractivity contribution in [2.75, 3.05) is 0 Å². The van der Waals surface area contributed by atoms with Crippen molar-refractivity contribution in [3.05, 3.63) is 130 Å². The van der Waals surface area contributed by atoms with Gasteiger partial charge < -0.3 is 0 Å². The first-order valence-corrected chi connectivity index (χ1v) is 15.3. The molecule has 0 saturated heterocycles. The average Bonchev–Trinajstić information content (AvgIpc) is 2.85. The quantitative estimate of drug-likeness (QED) is 0.192. The molecule has 0 fully saturated rings. The van der Waals surface area contributed by atoms with E-state index in [-0.39, 0.29) is 0 Å². The summed E-state index contributed by atoms with van der Waals surface area (Å²) in [7, 11) is 0. The molecule has 0 N–H and O–H groups in total. The number of allylic oxidation sites excluding steroid dienone is 22. The highest BCUT2D eigenvalue weighted by molar-refractivity contribution is 5.37. The average molecular weight is 537 g/mol. The summed E-state index contributed by atoms with van der Waals surface area (Å²) in [5.41, 5.74) is 10.2. The Hall–Kier alpha value is -2.86. The van der Waals surface area contributed by atoms with Crippen LogP contribution < -0.4 is 0 Å². The van der Waals surface area contributed by atoms with Gasteiger partial charge in [-0.25, -0.2) is 0 Å². The summed E-state index contributed by atoms with van der Waals surface area (Å²) >= 11 is 0. The molecule has 40 heavy (non-hydrogen) atoms. The van der Waals surface area contributed by atoms with Crippen LogP contribution in [0, 0.1) is 16.7 Å². The van der Waals surface area contributed by atoms with E-state index >= 15 is 0 Å². The minimum atomic E-state index is 0.291. The van der Waals surface area contributed by atoms with Crippen LogP contribution in [0.25, 0.3) is 0 Å². The molecule has 216 valence electrons. The summed E-state index contributed by atoms with van der Waals surface area (Å²) in [4.78, 5) is 0. The van der Waals surface area contributed by atoms with Crippen LogP contribution in [0.2, 0.25) is 0 Å². The van der Waals surface area contributed by atoms with Crippen molar-refractivity contribution in [2.24, 2.45) is 16.7 Å². The van der Waals surface area contributed by atoms with Crippen LogP contribution in [-0.2, 0) is 0 Å². The fourth-order valence-corrected chi connectivity index (χ4v) is 5.80. The molecular formula is C40H56. The van der Waals surface area contributed by atoms with Crippen LogP contribution in [0.15, 0.2) is 130 Å². The number of hydrogen-bond donors (Lipinski definition) is 0. The van der Waals surface area contributed by atoms with Crippen LogP contribution in [-0.4, -0.2) is 0 Å². The Morgan fingerprint density at radius 1 is 0.700 bits per heavy atom. The molecule has 0 spiro atoms. The summed E-state index contributed by atoms with van der Waals surface area (Å²) in [5, 5.41) is 0. The maximum Gasteiger partial charge on any atom is 0.00285 e. The molecule has 0 aromatic carbocycles. The van der Waals surface area contributed by atoms with E-state index in [0.717, 1.165) is 0 Å². The lowest BCUT2D eigenvalue weighted by atomic mass is 9.68. The normalized spacial score (nSPS) is 23.6. The molecule has 2 aliphatic carbocycles. The van der Waals surface area contributed by atoms with Crippen molar-refractivity contribution >= 4 is 0 Å². The second-order valence-corrected chi connectivity index (χ2v) is 13.3. The van der Waals surface area contributed by atoms with Gasteiger partial charge in [-0.2, -0.15) is 0 Å². The Morgan fingerprint density at radius 2 is 1.23 bits per heavy atom. The van der Waals surface area contributed by atoms with Crippen molar-refractivity contribution in [1.29, 1.82) is 0 Å². The van der Waals surface area contributed by atoms with Gasteiger partial charge in [0.05, 0.1) is 0 Å². The zero-order valence-corrected chi connectivity index (χ0v) is 27.3. The Morgan fingerprint density at radius 3 is 1.77 bits per heavy atom. The third kappa shape index (κ3) is 11.3. The van der Waals surface area contributed by atoms with Crippen LogP contribution in [0.3, 0.4) is 0 Å². The third-order valence-electron chi connectivity index (χ3n) is 8.46. The van der Waals surface area contributed by atoms with Crippen LogP contribution >= 0.6 is 0 Å². The molecule has 0 aromatic rings. The summed E-state index contributed by atoms with van der Waals surface area (Å²) in [6.45, 7) is 22.7. The highest BCUT2D eigenvalue weighted by Crippen LogP contribution is 2.42. The van der Waals surface area contributed by atoms with Crippen molar-refractivity contribution in [3.63, 3.8) is 0 Å². The van der Waals surface area contributed by atoms with Gasteiger partial charge in [0.25, 0.3) is 0 Å². The van der Waals surface area contributed by atoms with E-state index in [1.54, 1.807) is 5.57 Å². The van der Waals surface area contributed by atoms with Gasteiger partial charge in [0, 0.05) is 5.92 Å². The zero-order valence-electron chi connectivity index (χ0n) is 27.3. The molecule has 1 atom stereocenters. The molecule has 0 nitrogen and oxygen atoms in total. The predicted molar refractivity (Wildman–Crippen MR) is 181 cm³/mol. The van der Waals surface area contributed by atoms with E-state index in [0.29, 0.717) is 16.7 Å². The van der Waals surface area contributed by atoms with Crippen LogP contribution in [0.5, 0.6) is 0 Å². The fraction of sp³-hybridized carbons (Fsp3) is 0.450. The minimum absolute atomic E-state index is 0.291. The molecule has 0 heterocycles. The molecule has 0 heteroatoms. The summed E-state index contributed by atoms with van der Waals surface area (Å²) in [6, 6.07) is 0. The van der Waals surface area contributed by atoms with Gasteiger partial charge in [-0.05, 0) is 90.0 Å². The molecular weight excluding hydrogens is 480 g/mol. The summed E-state index contributed by atoms with van der Waals surface area (Å²) in [6.07, 6.45) is 39.5. The first-order chi connectivity index (χ1) is 18.8. The first kappa shape index (κ1) is 33.3. The Labute approximate surface area is 247 Å². The molecule has 2 aliphatic rings. The SMILES string of the molecule is CC1=CCCC(C)(C)[C@H]1/C=C/C(C)=C\C=C\C(C)=C\C=C\C=C(C)\C=C\C=C(C)\C=C/C1=C(C)CCCC1(C)C. The molecule has 0 aliphatic heterocycles. The minimum Gasteiger partial charge on any atom is -0.0850 e. The Balaban J connectivity index is 1.88. The highest BCUT2D eigenvalue weighted by Gasteiger charge is 2.30. The van der Waals surface area contributed by atoms with Gasteiger partial charge in [0.2, 0.25) is 0 Å². The van der Waals surface area contributed by atoms with Crippen molar-refractivity contribution in [2.45, 2.75) is 101 Å². The molecule has 0 unspecified atom stereocenters. The van der Waals surface area contributed by atoms with Crippen molar-refractivity contribution in [1.82, 2.24) is 0 Å². The largest absolute Gasteiger partial charge is 0.0850 e. The van der Waals surface area contributed by atoms with E-state index in [4.69, 9.17) is 0 Å². The molecule has 0 bridgehead atoms. The highest BCUT2D eigenvalue weighted by atomic mass is 14.3. The van der Waals surface area contributed by atoms with E-state index in [2.05, 4.69) is 160 Å². The molecule has 0 radical (unpaired) electrons. The monoisotopic (exact) mass is 536 g/mol. The topological polar surface area (TPSA) is 0 Å². The van der Waals surface area contributed by atoms with Gasteiger partial charge in [0.1, 0.15) is 0 Å². The predicted octanol–water partition coefficient (Wildman–Crippen LogP) is 12.5. The summed E-state index contributed by atoms with van der Waals surface area (Å²) in [5.74, 6) is 0.532. The van der Waals surface area contributed by atoms with Gasteiger partial charge in [-0.1, -0.05) is 152 Å². The lowest BCUT2D eigenvalue weighted by Gasteiger charge is -2.36. The molecule has 0 aromatic heterocycles. The summed E-state index contributed by atoms with van der Waals surface area (Å²) < 4.78 is 0. The maximum absolute atomic E-state index is 2.41. The van der Waals surface area contributed by atoms with Gasteiger partial charge in [0.15, 0.2) is 0 Å². The first-order valence-electron chi connectivity index (χ1n) is 15.3. The molecule has 0 saturated carbocycles. The van der Waals surface area contributed by atoms with Gasteiger partial charge in [-0.15, -0.1) is 0 Å². The standard InChI is InChI=1S/C40H56/c1-31(19-13-21-33(3)25-27-37-35(5)23-15-29-39(37,7)8)17-11-12-18-32(2)20-14-22-34(4)26-28-38-36(6)24-16-30-40(38,9)10/h11-14,17-23,25-28,37H,15-16,24,29-30H2,1-10H3/b12-11+,19-13+,20-14+,27-25+,28-26-,31-17+,32-18+,33-21-,34-22+/t37-/m0/s1. The van der Waals surface area contributed by atoms with E-state index in [1.807, 2.05) is 0 Å². The zero-order chi connectivity index (χ0) is 29.8. The van der Waals surface area contributed by atoms with Crippen molar-refractivity contribution < 1.29 is 0 Å². The number of rotatable bonds is 10. The Kier molecular flexibility index (Phi) is 13.2. The van der Waals surface area contributed by atoms with E-state index in [9.17, 15) is 0 Å². The smallest absolute Gasteiger partial charge is 0.00285 e. The van der Waals surface area contributed by atoms with Crippen LogP contribution in [0.4, 0.5) is 0 Å². The lowest BCUT2D eigenvalue weighted by Crippen LogP contribution is -2.26. The molecule has 0 amide bonds. The van der Waals surface area contributed by atoms with Crippen molar-refractivity contribution in [3.8, 4) is 0 Å². The van der Waals surface area contributed by atoms with E-state index < -0.39 is 0 Å². The molecule has 2 rings (SSSR count). The number of hydrogen-bond acceptors (Lipinski definition) is 0. The Bertz CT molecular complexity index is 1200.